The summed E-state index contributed by atoms with van der Waals surface area (Å²) < 4.78 is 18.8. The first-order chi connectivity index (χ1) is 17.7. The van der Waals surface area contributed by atoms with Crippen LogP contribution in [0.3, 0.4) is 0 Å². The zero-order chi connectivity index (χ0) is 26.5. The second-order valence-corrected chi connectivity index (χ2v) is 11.3. The van der Waals surface area contributed by atoms with Crippen molar-refractivity contribution in [1.82, 2.24) is 4.57 Å². The Kier molecular flexibility index (Phi) is 6.50. The molecule has 2 heterocycles. The van der Waals surface area contributed by atoms with Gasteiger partial charge in [-0.3, -0.25) is 14.2 Å². The molecule has 0 saturated carbocycles. The standard InChI is InChI=1S/C28H27ClN2O5S/c1-28(2)13-18-23(19(32)14-28)24(16-11-20(34-3)25(36-5)21(12-16)35-4)31-26(33)22(37-27(31)30-18)10-15-6-8-17(29)9-7-15/h6-12,24H,13-14H2,1-5H3. The van der Waals surface area contributed by atoms with Crippen molar-refractivity contribution < 1.29 is 19.0 Å². The Labute approximate surface area is 223 Å². The Morgan fingerprint density at radius 3 is 2.27 bits per heavy atom. The number of Topliss-reactive ketones (excluding diaryl/α,β-unsaturated/α-hetero) is 1. The average Bonchev–Trinajstić information content (AvgIpc) is 3.16. The van der Waals surface area contributed by atoms with Gasteiger partial charge in [0, 0.05) is 17.0 Å². The van der Waals surface area contributed by atoms with Gasteiger partial charge in [0.15, 0.2) is 22.1 Å². The third-order valence-corrected chi connectivity index (χ3v) is 7.90. The van der Waals surface area contributed by atoms with E-state index in [-0.39, 0.29) is 16.8 Å². The van der Waals surface area contributed by atoms with Crippen LogP contribution in [0.15, 0.2) is 57.5 Å². The molecule has 1 aromatic heterocycles. The van der Waals surface area contributed by atoms with E-state index in [1.807, 2.05) is 18.2 Å². The van der Waals surface area contributed by atoms with E-state index in [0.29, 0.717) is 55.6 Å². The summed E-state index contributed by atoms with van der Waals surface area (Å²) in [6, 6.07) is 10.2. The fraction of sp³-hybridized carbons (Fsp3) is 0.321. The lowest BCUT2D eigenvalue weighted by Gasteiger charge is -2.35. The maximum atomic E-state index is 13.8. The monoisotopic (exact) mass is 538 g/mol. The molecule has 0 spiro atoms. The van der Waals surface area contributed by atoms with Crippen molar-refractivity contribution >= 4 is 34.8 Å². The number of aromatic nitrogens is 1. The quantitative estimate of drug-likeness (QED) is 0.484. The molecule has 0 fully saturated rings. The van der Waals surface area contributed by atoms with Crippen molar-refractivity contribution in [3.8, 4) is 17.2 Å². The Bertz CT molecular complexity index is 1590. The van der Waals surface area contributed by atoms with Crippen molar-refractivity contribution in [3.63, 3.8) is 0 Å². The Morgan fingerprint density at radius 2 is 1.68 bits per heavy atom. The molecular weight excluding hydrogens is 512 g/mol. The predicted molar refractivity (Wildman–Crippen MR) is 144 cm³/mol. The van der Waals surface area contributed by atoms with E-state index < -0.39 is 6.04 Å². The summed E-state index contributed by atoms with van der Waals surface area (Å²) in [5, 5.41) is 0.620. The third kappa shape index (κ3) is 4.49. The smallest absolute Gasteiger partial charge is 0.271 e. The largest absolute Gasteiger partial charge is 0.493 e. The number of benzene rings is 2. The van der Waals surface area contributed by atoms with Crippen LogP contribution < -0.4 is 29.1 Å². The highest BCUT2D eigenvalue weighted by Gasteiger charge is 2.41. The molecule has 0 saturated heterocycles. The average molecular weight is 539 g/mol. The van der Waals surface area contributed by atoms with Gasteiger partial charge >= 0.3 is 0 Å². The van der Waals surface area contributed by atoms with Crippen LogP contribution in [0.5, 0.6) is 17.2 Å². The number of thiazole rings is 1. The number of rotatable bonds is 5. The topological polar surface area (TPSA) is 79.1 Å². The number of fused-ring (bicyclic) bond motifs is 1. The van der Waals surface area contributed by atoms with Gasteiger partial charge in [-0.1, -0.05) is 48.9 Å². The number of hydrogen-bond donors (Lipinski definition) is 0. The van der Waals surface area contributed by atoms with Crippen LogP contribution in [-0.4, -0.2) is 31.7 Å². The normalized spacial score (nSPS) is 18.7. The summed E-state index contributed by atoms with van der Waals surface area (Å²) in [7, 11) is 4.61. The molecule has 37 heavy (non-hydrogen) atoms. The molecule has 0 amide bonds. The Morgan fingerprint density at radius 1 is 1.03 bits per heavy atom. The van der Waals surface area contributed by atoms with Crippen LogP contribution in [0, 0.1) is 5.41 Å². The molecule has 2 aromatic carbocycles. The van der Waals surface area contributed by atoms with Crippen LogP contribution in [0.4, 0.5) is 0 Å². The fourth-order valence-corrected chi connectivity index (χ4v) is 6.18. The van der Waals surface area contributed by atoms with Crippen LogP contribution in [0.2, 0.25) is 5.02 Å². The van der Waals surface area contributed by atoms with Crippen molar-refractivity contribution in [2.24, 2.45) is 10.4 Å². The number of ether oxygens (including phenoxy) is 3. The predicted octanol–water partition coefficient (Wildman–Crippen LogP) is 4.28. The van der Waals surface area contributed by atoms with Gasteiger partial charge in [-0.25, -0.2) is 4.99 Å². The lowest BCUT2D eigenvalue weighted by atomic mass is 9.73. The zero-order valence-corrected chi connectivity index (χ0v) is 22.8. The van der Waals surface area contributed by atoms with Gasteiger partial charge in [-0.15, -0.1) is 0 Å². The number of hydrogen-bond acceptors (Lipinski definition) is 7. The van der Waals surface area contributed by atoms with Crippen molar-refractivity contribution in [2.45, 2.75) is 32.7 Å². The van der Waals surface area contributed by atoms with Crippen LogP contribution >= 0.6 is 22.9 Å². The first kappa shape index (κ1) is 25.3. The minimum absolute atomic E-state index is 0.0132. The maximum Gasteiger partial charge on any atom is 0.271 e. The Balaban J connectivity index is 1.80. The second kappa shape index (κ2) is 9.50. The molecule has 7 nitrogen and oxygen atoms in total. The highest BCUT2D eigenvalue weighted by Crippen LogP contribution is 2.46. The third-order valence-electron chi connectivity index (χ3n) is 6.67. The molecular formula is C28H27ClN2O5S. The molecule has 9 heteroatoms. The van der Waals surface area contributed by atoms with Gasteiger partial charge in [0.1, 0.15) is 0 Å². The van der Waals surface area contributed by atoms with Gasteiger partial charge in [0.05, 0.1) is 37.6 Å². The molecule has 1 unspecified atom stereocenters. The second-order valence-electron chi connectivity index (χ2n) is 9.89. The lowest BCUT2D eigenvalue weighted by molar-refractivity contribution is -0.118. The van der Waals surface area contributed by atoms with Crippen molar-refractivity contribution in [2.75, 3.05) is 21.3 Å². The van der Waals surface area contributed by atoms with Crippen LogP contribution in [0.25, 0.3) is 6.08 Å². The first-order valence-electron chi connectivity index (χ1n) is 11.8. The first-order valence-corrected chi connectivity index (χ1v) is 13.0. The van der Waals surface area contributed by atoms with E-state index in [0.717, 1.165) is 11.3 Å². The SMILES string of the molecule is COc1cc(C2C3=C(CC(C)(C)CC3=O)N=c3sc(=Cc4ccc(Cl)cc4)c(=O)n32)cc(OC)c1OC. The summed E-state index contributed by atoms with van der Waals surface area (Å²) in [5.74, 6) is 1.32. The lowest BCUT2D eigenvalue weighted by Crippen LogP contribution is -2.42. The van der Waals surface area contributed by atoms with Crippen molar-refractivity contribution in [1.29, 1.82) is 0 Å². The van der Waals surface area contributed by atoms with Gasteiger partial charge in [0.2, 0.25) is 5.75 Å². The maximum absolute atomic E-state index is 13.8. The molecule has 1 atom stereocenters. The summed E-state index contributed by atoms with van der Waals surface area (Å²) in [6.45, 7) is 4.13. The van der Waals surface area contributed by atoms with Gasteiger partial charge in [0.25, 0.3) is 5.56 Å². The highest BCUT2D eigenvalue weighted by molar-refractivity contribution is 7.07. The Hall–Kier alpha value is -3.36. The molecule has 1 aliphatic carbocycles. The number of methoxy groups -OCH3 is 3. The number of carbonyl (C=O) groups excluding carboxylic acids is 1. The van der Waals surface area contributed by atoms with Gasteiger partial charge < -0.3 is 14.2 Å². The van der Waals surface area contributed by atoms with E-state index in [1.54, 1.807) is 28.8 Å². The van der Waals surface area contributed by atoms with E-state index in [2.05, 4.69) is 13.8 Å². The number of allylic oxidation sites excluding steroid dienone is 2. The van der Waals surface area contributed by atoms with Crippen LogP contribution in [0.1, 0.15) is 43.9 Å². The number of ketones is 1. The molecule has 2 aliphatic rings. The molecule has 0 radical (unpaired) electrons. The molecule has 0 N–H and O–H groups in total. The molecule has 192 valence electrons. The number of halogens is 1. The van der Waals surface area contributed by atoms with E-state index in [9.17, 15) is 9.59 Å². The highest BCUT2D eigenvalue weighted by atomic mass is 35.5. The minimum atomic E-state index is -0.670. The van der Waals surface area contributed by atoms with E-state index in [1.165, 1.54) is 32.7 Å². The number of carbonyl (C=O) groups is 1. The van der Waals surface area contributed by atoms with Gasteiger partial charge in [-0.05, 0) is 53.3 Å². The summed E-state index contributed by atoms with van der Waals surface area (Å²) >= 11 is 7.34. The molecule has 5 rings (SSSR count). The molecule has 1 aliphatic heterocycles. The fourth-order valence-electron chi connectivity index (χ4n) is 5.03. The summed E-state index contributed by atoms with van der Waals surface area (Å²) in [6.07, 6.45) is 2.83. The molecule has 0 bridgehead atoms. The molecule has 3 aromatic rings. The van der Waals surface area contributed by atoms with Crippen molar-refractivity contribution in [3.05, 3.63) is 83.5 Å². The van der Waals surface area contributed by atoms with Crippen LogP contribution in [-0.2, 0) is 4.79 Å². The van der Waals surface area contributed by atoms with Gasteiger partial charge in [-0.2, -0.15) is 0 Å². The zero-order valence-electron chi connectivity index (χ0n) is 21.3. The van der Waals surface area contributed by atoms with E-state index >= 15 is 0 Å². The minimum Gasteiger partial charge on any atom is -0.493 e. The summed E-state index contributed by atoms with van der Waals surface area (Å²) in [5.41, 5.74) is 2.35. The summed E-state index contributed by atoms with van der Waals surface area (Å²) in [4.78, 5) is 32.8. The number of nitrogens with zero attached hydrogens (tertiary/aromatic N) is 2. The van der Waals surface area contributed by atoms with E-state index in [4.69, 9.17) is 30.8 Å².